The number of pyridine rings is 1. The number of halogens is 2. The quantitative estimate of drug-likeness (QED) is 0.507. The third kappa shape index (κ3) is 1.60. The average Bonchev–Trinajstić information content (AvgIpc) is 2.04. The second-order valence-corrected chi connectivity index (χ2v) is 2.20. The van der Waals surface area contributed by atoms with Crippen molar-refractivity contribution in [3.05, 3.63) is 23.8 Å². The maximum Gasteiger partial charge on any atom is 0.255 e. The molecule has 1 rings (SSSR count). The molecule has 0 saturated carbocycles. The normalized spacial score (nSPS) is 9.73. The lowest BCUT2D eigenvalue weighted by atomic mass is 10.3. The summed E-state index contributed by atoms with van der Waals surface area (Å²) < 4.78 is 17.5. The van der Waals surface area contributed by atoms with E-state index in [9.17, 15) is 4.39 Å². The van der Waals surface area contributed by atoms with Gasteiger partial charge in [0.1, 0.15) is 0 Å². The number of hydrogen-bond acceptors (Lipinski definition) is 2. The first-order valence-corrected chi connectivity index (χ1v) is 3.56. The summed E-state index contributed by atoms with van der Waals surface area (Å²) in [6.07, 6.45) is 1.36. The Bertz CT molecular complexity index is 254. The maximum atomic E-state index is 12.7. The van der Waals surface area contributed by atoms with Crippen molar-refractivity contribution in [1.82, 2.24) is 4.98 Å². The van der Waals surface area contributed by atoms with Crippen molar-refractivity contribution in [2.75, 3.05) is 7.11 Å². The highest BCUT2D eigenvalue weighted by atomic mass is 35.5. The third-order valence-corrected chi connectivity index (χ3v) is 1.58. The first-order valence-electron chi connectivity index (χ1n) is 3.03. The summed E-state index contributed by atoms with van der Waals surface area (Å²) in [5.74, 6) is -0.268. The second-order valence-electron chi connectivity index (χ2n) is 1.93. The molecule has 11 heavy (non-hydrogen) atoms. The highest BCUT2D eigenvalue weighted by Gasteiger charge is 2.07. The predicted octanol–water partition coefficient (Wildman–Crippen LogP) is 1.97. The molecule has 0 radical (unpaired) electrons. The number of rotatable bonds is 2. The van der Waals surface area contributed by atoms with E-state index in [-0.39, 0.29) is 11.6 Å². The van der Waals surface area contributed by atoms with Crippen LogP contribution in [0.1, 0.15) is 5.56 Å². The van der Waals surface area contributed by atoms with Crippen LogP contribution in [0.25, 0.3) is 0 Å². The number of aromatic nitrogens is 1. The second kappa shape index (κ2) is 3.53. The summed E-state index contributed by atoms with van der Waals surface area (Å²) in [5, 5.41) is 0. The lowest BCUT2D eigenvalue weighted by Crippen LogP contribution is -1.95. The van der Waals surface area contributed by atoms with Crippen molar-refractivity contribution in [3.63, 3.8) is 0 Å². The number of alkyl halides is 1. The molecule has 2 nitrogen and oxygen atoms in total. The van der Waals surface area contributed by atoms with Gasteiger partial charge in [-0.3, -0.25) is 0 Å². The minimum Gasteiger partial charge on any atom is -0.492 e. The van der Waals surface area contributed by atoms with Crippen LogP contribution < -0.4 is 4.74 Å². The minimum absolute atomic E-state index is 0.127. The van der Waals surface area contributed by atoms with Gasteiger partial charge >= 0.3 is 0 Å². The predicted molar refractivity (Wildman–Crippen MR) is 40.3 cm³/mol. The first-order chi connectivity index (χ1) is 5.29. The number of hydrogen-bond donors (Lipinski definition) is 0. The Balaban J connectivity index is 3.13. The standard InChI is InChI=1S/C7H7ClFNO/c1-11-6-5(4-8)2-3-10-7(6)9/h2-3H,4H2,1H3. The van der Waals surface area contributed by atoms with Crippen molar-refractivity contribution in [2.45, 2.75) is 5.88 Å². The van der Waals surface area contributed by atoms with Crippen LogP contribution in [0.15, 0.2) is 12.3 Å². The number of methoxy groups -OCH3 is 1. The molecule has 0 spiro atoms. The topological polar surface area (TPSA) is 22.1 Å². The molecule has 1 aromatic heterocycles. The van der Waals surface area contributed by atoms with Crippen LogP contribution in [-0.4, -0.2) is 12.1 Å². The van der Waals surface area contributed by atoms with Crippen molar-refractivity contribution in [3.8, 4) is 5.75 Å². The molecule has 0 fully saturated rings. The molecule has 1 heterocycles. The Morgan fingerprint density at radius 1 is 1.73 bits per heavy atom. The van der Waals surface area contributed by atoms with Gasteiger partial charge in [-0.05, 0) is 6.07 Å². The van der Waals surface area contributed by atoms with Crippen LogP contribution in [0.5, 0.6) is 5.75 Å². The van der Waals surface area contributed by atoms with Crippen LogP contribution in [0.2, 0.25) is 0 Å². The van der Waals surface area contributed by atoms with Gasteiger partial charge < -0.3 is 4.74 Å². The largest absolute Gasteiger partial charge is 0.492 e. The van der Waals surface area contributed by atoms with Crippen LogP contribution in [0, 0.1) is 5.95 Å². The first kappa shape index (κ1) is 8.27. The summed E-state index contributed by atoms with van der Waals surface area (Å²) in [7, 11) is 1.39. The Kier molecular flexibility index (Phi) is 2.65. The van der Waals surface area contributed by atoms with Gasteiger partial charge in [-0.15, -0.1) is 11.6 Å². The van der Waals surface area contributed by atoms with Crippen molar-refractivity contribution < 1.29 is 9.13 Å². The van der Waals surface area contributed by atoms with Gasteiger partial charge in [0.25, 0.3) is 5.95 Å². The molecule has 1 aromatic rings. The van der Waals surface area contributed by atoms with E-state index in [1.165, 1.54) is 13.3 Å². The van der Waals surface area contributed by atoms with Gasteiger partial charge in [0.05, 0.1) is 13.0 Å². The Morgan fingerprint density at radius 3 is 2.91 bits per heavy atom. The van der Waals surface area contributed by atoms with Gasteiger partial charge in [-0.1, -0.05) is 0 Å². The number of ether oxygens (including phenoxy) is 1. The van der Waals surface area contributed by atoms with E-state index in [1.54, 1.807) is 6.07 Å². The molecule has 0 amide bonds. The Morgan fingerprint density at radius 2 is 2.45 bits per heavy atom. The average molecular weight is 176 g/mol. The molecule has 0 aliphatic heterocycles. The molecule has 0 aromatic carbocycles. The summed E-state index contributed by atoms with van der Waals surface area (Å²) in [4.78, 5) is 3.41. The highest BCUT2D eigenvalue weighted by molar-refractivity contribution is 6.17. The fourth-order valence-electron chi connectivity index (χ4n) is 0.780. The lowest BCUT2D eigenvalue weighted by Gasteiger charge is -2.04. The Labute approximate surface area is 69.0 Å². The fourth-order valence-corrected chi connectivity index (χ4v) is 0.990. The van der Waals surface area contributed by atoms with Crippen LogP contribution in [0.3, 0.4) is 0 Å². The molecule has 4 heteroatoms. The van der Waals surface area contributed by atoms with Crippen molar-refractivity contribution in [2.24, 2.45) is 0 Å². The third-order valence-electron chi connectivity index (χ3n) is 1.29. The molecular formula is C7H7ClFNO. The monoisotopic (exact) mass is 175 g/mol. The van der Waals surface area contributed by atoms with E-state index in [1.807, 2.05) is 0 Å². The molecular weight excluding hydrogens is 169 g/mol. The molecule has 0 unspecified atom stereocenters. The molecule has 60 valence electrons. The lowest BCUT2D eigenvalue weighted by molar-refractivity contribution is 0.374. The van der Waals surface area contributed by atoms with Crippen LogP contribution in [-0.2, 0) is 5.88 Å². The summed E-state index contributed by atoms with van der Waals surface area (Å²) >= 11 is 5.51. The number of nitrogens with zero attached hydrogens (tertiary/aromatic N) is 1. The molecule has 0 saturated heterocycles. The Hall–Kier alpha value is -0.830. The van der Waals surface area contributed by atoms with E-state index in [4.69, 9.17) is 16.3 Å². The van der Waals surface area contributed by atoms with Crippen LogP contribution >= 0.6 is 11.6 Å². The summed E-state index contributed by atoms with van der Waals surface area (Å²) in [6, 6.07) is 1.62. The van der Waals surface area contributed by atoms with E-state index in [2.05, 4.69) is 4.98 Å². The summed E-state index contributed by atoms with van der Waals surface area (Å²) in [6.45, 7) is 0. The van der Waals surface area contributed by atoms with E-state index in [0.717, 1.165) is 0 Å². The van der Waals surface area contributed by atoms with Gasteiger partial charge in [0.2, 0.25) is 0 Å². The van der Waals surface area contributed by atoms with Crippen LogP contribution in [0.4, 0.5) is 4.39 Å². The zero-order valence-electron chi connectivity index (χ0n) is 5.97. The SMILES string of the molecule is COc1c(CCl)ccnc1F. The van der Waals surface area contributed by atoms with E-state index >= 15 is 0 Å². The highest BCUT2D eigenvalue weighted by Crippen LogP contribution is 2.21. The zero-order chi connectivity index (χ0) is 8.27. The van der Waals surface area contributed by atoms with Gasteiger partial charge in [-0.25, -0.2) is 4.98 Å². The van der Waals surface area contributed by atoms with Crippen molar-refractivity contribution >= 4 is 11.6 Å². The van der Waals surface area contributed by atoms with Crippen molar-refractivity contribution in [1.29, 1.82) is 0 Å². The fraction of sp³-hybridized carbons (Fsp3) is 0.286. The molecule has 0 aliphatic carbocycles. The molecule has 0 N–H and O–H groups in total. The van der Waals surface area contributed by atoms with Gasteiger partial charge in [-0.2, -0.15) is 4.39 Å². The molecule has 0 atom stereocenters. The van der Waals surface area contributed by atoms with E-state index in [0.29, 0.717) is 5.56 Å². The van der Waals surface area contributed by atoms with E-state index < -0.39 is 5.95 Å². The summed E-state index contributed by atoms with van der Waals surface area (Å²) in [5.41, 5.74) is 0.613. The molecule has 0 bridgehead atoms. The zero-order valence-corrected chi connectivity index (χ0v) is 6.73. The smallest absolute Gasteiger partial charge is 0.255 e. The maximum absolute atomic E-state index is 12.7. The van der Waals surface area contributed by atoms with Gasteiger partial charge in [0, 0.05) is 11.8 Å². The minimum atomic E-state index is -0.620. The molecule has 0 aliphatic rings. The van der Waals surface area contributed by atoms with Gasteiger partial charge in [0.15, 0.2) is 5.75 Å².